The molecule has 0 saturated heterocycles. The van der Waals surface area contributed by atoms with E-state index in [1.54, 1.807) is 0 Å². The molecule has 0 amide bonds. The first-order chi connectivity index (χ1) is 9.99. The van der Waals surface area contributed by atoms with Gasteiger partial charge >= 0.3 is 6.18 Å². The average Bonchev–Trinajstić information content (AvgIpc) is 2.45. The molecule has 0 bridgehead atoms. The van der Waals surface area contributed by atoms with Gasteiger partial charge in [0.2, 0.25) is 0 Å². The Hall–Kier alpha value is -1.60. The number of hydrogen-bond donors (Lipinski definition) is 2. The van der Waals surface area contributed by atoms with E-state index >= 15 is 0 Å². The van der Waals surface area contributed by atoms with E-state index in [0.717, 1.165) is 12.1 Å². The van der Waals surface area contributed by atoms with Gasteiger partial charge in [-0.1, -0.05) is 17.3 Å². The van der Waals surface area contributed by atoms with Crippen molar-refractivity contribution in [2.45, 2.75) is 25.4 Å². The molecule has 21 heavy (non-hydrogen) atoms. The van der Waals surface area contributed by atoms with Gasteiger partial charge in [0.1, 0.15) is 6.61 Å². The van der Waals surface area contributed by atoms with Gasteiger partial charge in [0.15, 0.2) is 0 Å². The lowest BCUT2D eigenvalue weighted by atomic mass is 10.0. The maximum Gasteiger partial charge on any atom is 0.416 e. The minimum Gasteiger partial charge on any atom is -0.396 e. The van der Waals surface area contributed by atoms with Gasteiger partial charge in [0, 0.05) is 13.2 Å². The molecule has 4 nitrogen and oxygen atoms in total. The second kappa shape index (κ2) is 8.63. The van der Waals surface area contributed by atoms with Gasteiger partial charge in [-0.3, -0.25) is 0 Å². The molecule has 0 aliphatic carbocycles. The van der Waals surface area contributed by atoms with Crippen molar-refractivity contribution in [1.29, 1.82) is 0 Å². The summed E-state index contributed by atoms with van der Waals surface area (Å²) in [5.41, 5.74) is 5.70. The molecule has 0 spiro atoms. The summed E-state index contributed by atoms with van der Waals surface area (Å²) in [6.45, 7) is 0.606. The predicted molar refractivity (Wildman–Crippen MR) is 73.9 cm³/mol. The second-order valence-electron chi connectivity index (χ2n) is 4.42. The number of rotatable bonds is 8. The molecule has 118 valence electrons. The van der Waals surface area contributed by atoms with E-state index in [0.29, 0.717) is 37.1 Å². The molecule has 0 atom stereocenters. The zero-order valence-electron chi connectivity index (χ0n) is 11.6. The van der Waals surface area contributed by atoms with Crippen LogP contribution >= 0.6 is 0 Å². The van der Waals surface area contributed by atoms with Crippen LogP contribution in [-0.2, 0) is 11.0 Å². The number of unbranched alkanes of at least 4 members (excludes halogenated alkanes) is 1. The van der Waals surface area contributed by atoms with Crippen molar-refractivity contribution in [2.24, 2.45) is 10.9 Å². The number of benzene rings is 1. The normalized spacial score (nSPS) is 12.5. The van der Waals surface area contributed by atoms with Crippen molar-refractivity contribution < 1.29 is 23.1 Å². The maximum absolute atomic E-state index is 12.5. The molecule has 0 aliphatic rings. The number of hydrogen-bond acceptors (Lipinski definition) is 4. The summed E-state index contributed by atoms with van der Waals surface area (Å²) < 4.78 is 37.6. The molecule has 3 N–H and O–H groups in total. The third-order valence-electron chi connectivity index (χ3n) is 2.75. The number of nitrogens with two attached hydrogens (primary N) is 1. The Bertz CT molecular complexity index is 445. The van der Waals surface area contributed by atoms with Crippen molar-refractivity contribution >= 4 is 5.71 Å². The molecule has 0 heterocycles. The van der Waals surface area contributed by atoms with Crippen molar-refractivity contribution in [3.63, 3.8) is 0 Å². The van der Waals surface area contributed by atoms with Crippen LogP contribution in [0.1, 0.15) is 30.4 Å². The standard InChI is InChI=1S/C14H19F3N2O2/c15-14(16,17)12-6-4-11(5-7-12)13(3-1-2-9-20)19-21-10-8-18/h4-7,20H,1-3,8-10,18H2/b19-13+. The highest BCUT2D eigenvalue weighted by Crippen LogP contribution is 2.29. The van der Waals surface area contributed by atoms with Gasteiger partial charge < -0.3 is 15.7 Å². The quantitative estimate of drug-likeness (QED) is 0.440. The first-order valence-electron chi connectivity index (χ1n) is 6.66. The molecular formula is C14H19F3N2O2. The van der Waals surface area contributed by atoms with Gasteiger partial charge in [-0.2, -0.15) is 13.2 Å². The lowest BCUT2D eigenvalue weighted by Gasteiger charge is -2.09. The van der Waals surface area contributed by atoms with E-state index in [2.05, 4.69) is 5.16 Å². The van der Waals surface area contributed by atoms with Crippen LogP contribution in [0.5, 0.6) is 0 Å². The number of nitrogens with zero attached hydrogens (tertiary/aromatic N) is 1. The summed E-state index contributed by atoms with van der Waals surface area (Å²) in [6.07, 6.45) is -2.59. The third kappa shape index (κ3) is 6.14. The molecule has 0 unspecified atom stereocenters. The van der Waals surface area contributed by atoms with E-state index in [1.165, 1.54) is 12.1 Å². The van der Waals surface area contributed by atoms with Crippen LogP contribution in [0.15, 0.2) is 29.4 Å². The average molecular weight is 304 g/mol. The molecule has 0 radical (unpaired) electrons. The van der Waals surface area contributed by atoms with Crippen LogP contribution in [0.4, 0.5) is 13.2 Å². The number of aliphatic hydroxyl groups excluding tert-OH is 1. The number of aliphatic hydroxyl groups is 1. The SMILES string of the molecule is NCCO/N=C(\CCCCO)c1ccc(C(F)(F)F)cc1. The summed E-state index contributed by atoms with van der Waals surface area (Å²) >= 11 is 0. The van der Waals surface area contributed by atoms with Crippen LogP contribution in [0.2, 0.25) is 0 Å². The Kier molecular flexibility index (Phi) is 7.18. The summed E-state index contributed by atoms with van der Waals surface area (Å²) in [5, 5.41) is 12.7. The van der Waals surface area contributed by atoms with Gasteiger partial charge in [0.05, 0.1) is 11.3 Å². The Balaban J connectivity index is 2.83. The largest absolute Gasteiger partial charge is 0.416 e. The fourth-order valence-corrected chi connectivity index (χ4v) is 1.67. The minimum atomic E-state index is -4.36. The van der Waals surface area contributed by atoms with E-state index in [1.807, 2.05) is 0 Å². The van der Waals surface area contributed by atoms with Crippen molar-refractivity contribution in [3.8, 4) is 0 Å². The van der Waals surface area contributed by atoms with Crippen molar-refractivity contribution in [1.82, 2.24) is 0 Å². The van der Waals surface area contributed by atoms with Crippen LogP contribution in [0, 0.1) is 0 Å². The van der Waals surface area contributed by atoms with Gasteiger partial charge in [0.25, 0.3) is 0 Å². The van der Waals surface area contributed by atoms with Gasteiger partial charge in [-0.25, -0.2) is 0 Å². The summed E-state index contributed by atoms with van der Waals surface area (Å²) in [6, 6.07) is 4.76. The summed E-state index contributed by atoms with van der Waals surface area (Å²) in [7, 11) is 0. The van der Waals surface area contributed by atoms with Crippen LogP contribution < -0.4 is 5.73 Å². The molecule has 0 fully saturated rings. The molecule has 1 rings (SSSR count). The molecule has 0 aromatic heterocycles. The molecule has 7 heteroatoms. The topological polar surface area (TPSA) is 67.8 Å². The summed E-state index contributed by atoms with van der Waals surface area (Å²) in [5.74, 6) is 0. The van der Waals surface area contributed by atoms with Crippen LogP contribution in [-0.4, -0.2) is 30.6 Å². The highest BCUT2D eigenvalue weighted by Gasteiger charge is 2.30. The zero-order chi connectivity index (χ0) is 15.7. The fraction of sp³-hybridized carbons (Fsp3) is 0.500. The molecule has 1 aromatic rings. The van der Waals surface area contributed by atoms with Gasteiger partial charge in [-0.15, -0.1) is 0 Å². The Labute approximate surface area is 121 Å². The van der Waals surface area contributed by atoms with Gasteiger partial charge in [-0.05, 0) is 37.0 Å². The fourth-order valence-electron chi connectivity index (χ4n) is 1.67. The maximum atomic E-state index is 12.5. The van der Waals surface area contributed by atoms with Crippen molar-refractivity contribution in [3.05, 3.63) is 35.4 Å². The lowest BCUT2D eigenvalue weighted by Crippen LogP contribution is -2.09. The number of halogens is 3. The molecule has 1 aromatic carbocycles. The van der Waals surface area contributed by atoms with E-state index < -0.39 is 11.7 Å². The van der Waals surface area contributed by atoms with E-state index in [9.17, 15) is 13.2 Å². The molecule has 0 aliphatic heterocycles. The van der Waals surface area contributed by atoms with Crippen molar-refractivity contribution in [2.75, 3.05) is 19.8 Å². The zero-order valence-corrected chi connectivity index (χ0v) is 11.6. The van der Waals surface area contributed by atoms with Crippen LogP contribution in [0.25, 0.3) is 0 Å². The highest BCUT2D eigenvalue weighted by molar-refractivity contribution is 6.00. The third-order valence-corrected chi connectivity index (χ3v) is 2.75. The molecular weight excluding hydrogens is 285 g/mol. The van der Waals surface area contributed by atoms with Crippen LogP contribution in [0.3, 0.4) is 0 Å². The van der Waals surface area contributed by atoms with E-state index in [-0.39, 0.29) is 13.2 Å². The lowest BCUT2D eigenvalue weighted by molar-refractivity contribution is -0.137. The summed E-state index contributed by atoms with van der Waals surface area (Å²) in [4.78, 5) is 5.01. The first kappa shape index (κ1) is 17.5. The smallest absolute Gasteiger partial charge is 0.396 e. The van der Waals surface area contributed by atoms with E-state index in [4.69, 9.17) is 15.7 Å². The second-order valence-corrected chi connectivity index (χ2v) is 4.42. The predicted octanol–water partition coefficient (Wildman–Crippen LogP) is 2.55. The number of alkyl halides is 3. The minimum absolute atomic E-state index is 0.0595. The Morgan fingerprint density at radius 2 is 1.86 bits per heavy atom. The Morgan fingerprint density at radius 1 is 1.19 bits per heavy atom. The monoisotopic (exact) mass is 304 g/mol. The Morgan fingerprint density at radius 3 is 2.38 bits per heavy atom. The number of oxime groups is 1. The highest BCUT2D eigenvalue weighted by atomic mass is 19.4. The first-order valence-corrected chi connectivity index (χ1v) is 6.66. The molecule has 0 saturated carbocycles.